The molecule has 1 saturated heterocycles. The molecule has 0 saturated carbocycles. The van der Waals surface area contributed by atoms with Gasteiger partial charge in [-0.15, -0.1) is 0 Å². The van der Waals surface area contributed by atoms with Gasteiger partial charge in [-0.05, 0) is 56.3 Å². The lowest BCUT2D eigenvalue weighted by Crippen LogP contribution is -2.48. The first kappa shape index (κ1) is 21.7. The first-order valence-corrected chi connectivity index (χ1v) is 11.5. The zero-order valence-corrected chi connectivity index (χ0v) is 18.6. The van der Waals surface area contributed by atoms with Crippen LogP contribution in [0.4, 0.5) is 17.3 Å². The number of nitrogens with two attached hydrogens (primary N) is 2. The van der Waals surface area contributed by atoms with Crippen molar-refractivity contribution in [2.75, 3.05) is 47.9 Å². The minimum Gasteiger partial charge on any atom is -0.355 e. The Morgan fingerprint density at radius 1 is 1.13 bits per heavy atom. The van der Waals surface area contributed by atoms with Crippen molar-refractivity contribution in [3.63, 3.8) is 0 Å². The monoisotopic (exact) mass is 425 g/mol. The summed E-state index contributed by atoms with van der Waals surface area (Å²) in [7, 11) is 0. The van der Waals surface area contributed by atoms with Crippen LogP contribution in [0.2, 0.25) is 0 Å². The van der Waals surface area contributed by atoms with Crippen molar-refractivity contribution >= 4 is 17.3 Å². The summed E-state index contributed by atoms with van der Waals surface area (Å²) in [6, 6.07) is 4.13. The van der Waals surface area contributed by atoms with Gasteiger partial charge in [0.25, 0.3) is 0 Å². The maximum absolute atomic E-state index is 5.97. The van der Waals surface area contributed by atoms with Crippen molar-refractivity contribution in [2.24, 2.45) is 16.9 Å². The third-order valence-electron chi connectivity index (χ3n) is 6.69. The van der Waals surface area contributed by atoms with E-state index in [1.54, 1.807) is 0 Å². The van der Waals surface area contributed by atoms with Crippen molar-refractivity contribution < 1.29 is 0 Å². The van der Waals surface area contributed by atoms with Gasteiger partial charge in [0.2, 0.25) is 0 Å². The minimum absolute atomic E-state index is 0.0433. The van der Waals surface area contributed by atoms with Crippen LogP contribution in [0, 0.1) is 5.41 Å². The van der Waals surface area contributed by atoms with Crippen LogP contribution in [0.15, 0.2) is 24.5 Å². The van der Waals surface area contributed by atoms with Gasteiger partial charge < -0.3 is 26.7 Å². The number of anilines is 3. The Kier molecular flexibility index (Phi) is 6.54. The maximum Gasteiger partial charge on any atom is 0.168 e. The van der Waals surface area contributed by atoms with E-state index in [0.717, 1.165) is 68.3 Å². The van der Waals surface area contributed by atoms with Gasteiger partial charge in [-0.1, -0.05) is 13.8 Å². The molecule has 1 atom stereocenters. The molecule has 0 radical (unpaired) electrons. The molecule has 3 aliphatic heterocycles. The number of piperidine rings is 1. The van der Waals surface area contributed by atoms with Gasteiger partial charge in [0.05, 0.1) is 17.6 Å². The van der Waals surface area contributed by atoms with E-state index in [2.05, 4.69) is 31.7 Å². The summed E-state index contributed by atoms with van der Waals surface area (Å²) in [4.78, 5) is 18.8. The van der Waals surface area contributed by atoms with Gasteiger partial charge in [0.15, 0.2) is 5.82 Å². The lowest BCUT2D eigenvalue weighted by Gasteiger charge is -2.40. The van der Waals surface area contributed by atoms with Crippen LogP contribution >= 0.6 is 0 Å². The first-order chi connectivity index (χ1) is 15.2. The summed E-state index contributed by atoms with van der Waals surface area (Å²) < 4.78 is 0. The van der Waals surface area contributed by atoms with Crippen molar-refractivity contribution in [2.45, 2.75) is 45.7 Å². The number of fused-ring (bicyclic) bond motifs is 2. The van der Waals surface area contributed by atoms with E-state index in [1.807, 2.05) is 32.3 Å². The number of nitrogens with one attached hydrogen (secondary N) is 2. The van der Waals surface area contributed by atoms with Crippen molar-refractivity contribution in [1.82, 2.24) is 20.4 Å². The Labute approximate surface area is 184 Å². The lowest BCUT2D eigenvalue weighted by molar-refractivity contribution is 0.238. The van der Waals surface area contributed by atoms with Crippen LogP contribution in [-0.2, 0) is 6.42 Å². The van der Waals surface area contributed by atoms with Crippen LogP contribution in [0.1, 0.15) is 50.7 Å². The number of nitrogens with zero attached hydrogens (tertiary/aromatic N) is 5. The Balaban J connectivity index is 0.00000112. The van der Waals surface area contributed by atoms with Crippen molar-refractivity contribution in [3.8, 4) is 0 Å². The zero-order chi connectivity index (χ0) is 21.8. The average Bonchev–Trinajstić information content (AvgIpc) is 3.28. The quantitative estimate of drug-likeness (QED) is 0.581. The third kappa shape index (κ3) is 4.05. The van der Waals surface area contributed by atoms with E-state index in [4.69, 9.17) is 21.4 Å². The largest absolute Gasteiger partial charge is 0.355 e. The Morgan fingerprint density at radius 3 is 2.65 bits per heavy atom. The highest BCUT2D eigenvalue weighted by Crippen LogP contribution is 2.37. The van der Waals surface area contributed by atoms with E-state index in [0.29, 0.717) is 13.1 Å². The highest BCUT2D eigenvalue weighted by molar-refractivity contribution is 5.59. The fourth-order valence-electron chi connectivity index (χ4n) is 4.66. The fourth-order valence-corrected chi connectivity index (χ4v) is 4.66. The SMILES string of the molecule is CC.NCC1(CN)CCN(c2cnc3c(n2)NNC3N2CCCc3ncccc32)CC1. The van der Waals surface area contributed by atoms with Gasteiger partial charge >= 0.3 is 0 Å². The van der Waals surface area contributed by atoms with Gasteiger partial charge in [-0.2, -0.15) is 0 Å². The second kappa shape index (κ2) is 9.33. The zero-order valence-electron chi connectivity index (χ0n) is 18.6. The smallest absolute Gasteiger partial charge is 0.168 e. The lowest BCUT2D eigenvalue weighted by atomic mass is 9.78. The predicted molar refractivity (Wildman–Crippen MR) is 125 cm³/mol. The van der Waals surface area contributed by atoms with Crippen LogP contribution < -0.4 is 32.1 Å². The van der Waals surface area contributed by atoms with Crippen molar-refractivity contribution in [3.05, 3.63) is 35.9 Å². The molecular weight excluding hydrogens is 390 g/mol. The van der Waals surface area contributed by atoms with E-state index < -0.39 is 0 Å². The van der Waals surface area contributed by atoms with Gasteiger partial charge in [0, 0.05) is 25.8 Å². The number of pyridine rings is 1. The average molecular weight is 426 g/mol. The third-order valence-corrected chi connectivity index (χ3v) is 6.69. The molecule has 168 valence electrons. The summed E-state index contributed by atoms with van der Waals surface area (Å²) in [6.07, 6.45) is 7.80. The maximum atomic E-state index is 5.97. The van der Waals surface area contributed by atoms with Crippen LogP contribution in [-0.4, -0.2) is 47.7 Å². The van der Waals surface area contributed by atoms with Gasteiger partial charge in [-0.3, -0.25) is 4.98 Å². The molecule has 6 N–H and O–H groups in total. The molecule has 0 bridgehead atoms. The van der Waals surface area contributed by atoms with Crippen LogP contribution in [0.3, 0.4) is 0 Å². The first-order valence-electron chi connectivity index (χ1n) is 11.5. The number of hydrazine groups is 1. The summed E-state index contributed by atoms with van der Waals surface area (Å²) >= 11 is 0. The summed E-state index contributed by atoms with van der Waals surface area (Å²) in [5.74, 6) is 1.71. The predicted octanol–water partition coefficient (Wildman–Crippen LogP) is 1.78. The molecule has 0 aliphatic carbocycles. The number of hydrogen-bond acceptors (Lipinski definition) is 9. The summed E-state index contributed by atoms with van der Waals surface area (Å²) in [6.45, 7) is 8.07. The molecule has 5 heterocycles. The van der Waals surface area contributed by atoms with Crippen LogP contribution in [0.5, 0.6) is 0 Å². The Hall–Kier alpha value is -2.49. The molecule has 0 aromatic carbocycles. The number of aryl methyl sites for hydroxylation is 1. The molecule has 9 nitrogen and oxygen atoms in total. The van der Waals surface area contributed by atoms with E-state index >= 15 is 0 Å². The normalized spacial score (nSPS) is 21.5. The molecule has 2 aromatic rings. The van der Waals surface area contributed by atoms with Gasteiger partial charge in [0.1, 0.15) is 17.7 Å². The standard InChI is InChI=1S/C20H29N9.C2H6/c21-12-20(13-22)5-9-28(10-6-20)16-11-24-17-18(25-16)26-27-19(17)29-8-2-3-14-15(29)4-1-7-23-14;1-2/h1,4,7,11,19,27H,2-3,5-6,8-10,12-13,21-22H2,(H,25,26);1-2H3. The number of rotatable bonds is 4. The number of hydrogen-bond donors (Lipinski definition) is 4. The van der Waals surface area contributed by atoms with Gasteiger partial charge in [-0.25, -0.2) is 15.4 Å². The Morgan fingerprint density at radius 2 is 1.90 bits per heavy atom. The topological polar surface area (TPSA) is 121 Å². The fraction of sp³-hybridized carbons (Fsp3) is 0.591. The Bertz CT molecular complexity index is 873. The van der Waals surface area contributed by atoms with E-state index in [1.165, 1.54) is 5.69 Å². The highest BCUT2D eigenvalue weighted by atomic mass is 15.5. The molecule has 0 amide bonds. The second-order valence-electron chi connectivity index (χ2n) is 8.30. The second-order valence-corrected chi connectivity index (χ2v) is 8.30. The van der Waals surface area contributed by atoms with Crippen molar-refractivity contribution in [1.29, 1.82) is 0 Å². The molecular formula is C22H35N9. The molecule has 1 unspecified atom stereocenters. The minimum atomic E-state index is -0.0433. The summed E-state index contributed by atoms with van der Waals surface area (Å²) in [5, 5.41) is 0. The number of aromatic nitrogens is 3. The summed E-state index contributed by atoms with van der Waals surface area (Å²) in [5.41, 5.74) is 21.9. The molecule has 9 heteroatoms. The highest BCUT2D eigenvalue weighted by Gasteiger charge is 2.35. The molecule has 0 spiro atoms. The van der Waals surface area contributed by atoms with E-state index in [-0.39, 0.29) is 11.6 Å². The molecule has 31 heavy (non-hydrogen) atoms. The van der Waals surface area contributed by atoms with Crippen LogP contribution in [0.25, 0.3) is 0 Å². The van der Waals surface area contributed by atoms with E-state index in [9.17, 15) is 0 Å². The molecule has 1 fully saturated rings. The molecule has 2 aromatic heterocycles. The molecule has 3 aliphatic rings. The molecule has 5 rings (SSSR count).